The SMILES string of the molecule is CN(C)CCCN/C=C(/C#N)C(=O)Nc1cccc(C(F)(F)F)c1. The number of hydrogen-bond donors (Lipinski definition) is 2. The number of carbonyl (C=O) groups is 1. The minimum Gasteiger partial charge on any atom is -0.390 e. The maximum Gasteiger partial charge on any atom is 0.416 e. The standard InChI is InChI=1S/C16H19F3N4O/c1-23(2)8-4-7-21-11-12(10-20)15(24)22-14-6-3-5-13(9-14)16(17,18)19/h3,5-6,9,11,21H,4,7-8H2,1-2H3,(H,22,24)/b12-11-. The molecule has 0 atom stereocenters. The van der Waals surface area contributed by atoms with E-state index in [0.29, 0.717) is 6.54 Å². The molecule has 0 bridgehead atoms. The van der Waals surface area contributed by atoms with Crippen molar-refractivity contribution in [2.24, 2.45) is 0 Å². The smallest absolute Gasteiger partial charge is 0.390 e. The first kappa shape index (κ1) is 19.5. The molecule has 8 heteroatoms. The fourth-order valence-electron chi connectivity index (χ4n) is 1.79. The van der Waals surface area contributed by atoms with Gasteiger partial charge >= 0.3 is 6.18 Å². The topological polar surface area (TPSA) is 68.2 Å². The van der Waals surface area contributed by atoms with Crippen LogP contribution in [0.15, 0.2) is 36.0 Å². The summed E-state index contributed by atoms with van der Waals surface area (Å²) in [6.45, 7) is 1.42. The Morgan fingerprint density at radius 3 is 2.67 bits per heavy atom. The van der Waals surface area contributed by atoms with Crippen LogP contribution >= 0.6 is 0 Å². The van der Waals surface area contributed by atoms with Crippen molar-refractivity contribution in [3.05, 3.63) is 41.6 Å². The zero-order chi connectivity index (χ0) is 18.2. The summed E-state index contributed by atoms with van der Waals surface area (Å²) in [5.41, 5.74) is -1.11. The predicted octanol–water partition coefficient (Wildman–Crippen LogP) is 2.59. The van der Waals surface area contributed by atoms with Gasteiger partial charge in [0.2, 0.25) is 0 Å². The van der Waals surface area contributed by atoms with E-state index in [2.05, 4.69) is 10.6 Å². The molecule has 1 aromatic rings. The first-order valence-corrected chi connectivity index (χ1v) is 7.21. The predicted molar refractivity (Wildman–Crippen MR) is 84.9 cm³/mol. The molecule has 5 nitrogen and oxygen atoms in total. The Morgan fingerprint density at radius 1 is 1.38 bits per heavy atom. The van der Waals surface area contributed by atoms with E-state index in [1.807, 2.05) is 19.0 Å². The van der Waals surface area contributed by atoms with Gasteiger partial charge in [-0.1, -0.05) is 6.07 Å². The molecule has 0 heterocycles. The largest absolute Gasteiger partial charge is 0.416 e. The molecular formula is C16H19F3N4O. The van der Waals surface area contributed by atoms with Crippen molar-refractivity contribution in [1.29, 1.82) is 5.26 Å². The van der Waals surface area contributed by atoms with Crippen LogP contribution in [0.4, 0.5) is 18.9 Å². The van der Waals surface area contributed by atoms with Crippen molar-refractivity contribution in [1.82, 2.24) is 10.2 Å². The molecule has 0 radical (unpaired) electrons. The van der Waals surface area contributed by atoms with Crippen molar-refractivity contribution in [3.8, 4) is 6.07 Å². The summed E-state index contributed by atoms with van der Waals surface area (Å²) >= 11 is 0. The zero-order valence-corrected chi connectivity index (χ0v) is 13.4. The van der Waals surface area contributed by atoms with E-state index in [9.17, 15) is 18.0 Å². The highest BCUT2D eigenvalue weighted by Crippen LogP contribution is 2.30. The quantitative estimate of drug-likeness (QED) is 0.455. The molecule has 24 heavy (non-hydrogen) atoms. The maximum atomic E-state index is 12.6. The van der Waals surface area contributed by atoms with Crippen molar-refractivity contribution < 1.29 is 18.0 Å². The minimum atomic E-state index is -4.50. The Labute approximate surface area is 138 Å². The number of halogens is 3. The number of benzene rings is 1. The van der Waals surface area contributed by atoms with Gasteiger partial charge in [0.15, 0.2) is 0 Å². The van der Waals surface area contributed by atoms with Crippen LogP contribution in [-0.2, 0) is 11.0 Å². The number of hydrogen-bond acceptors (Lipinski definition) is 4. The average Bonchev–Trinajstić information content (AvgIpc) is 2.50. The second kappa shape index (κ2) is 8.93. The number of nitrogens with zero attached hydrogens (tertiary/aromatic N) is 2. The maximum absolute atomic E-state index is 12.6. The second-order valence-corrected chi connectivity index (χ2v) is 5.31. The third kappa shape index (κ3) is 6.71. The molecule has 0 aliphatic heterocycles. The number of alkyl halides is 3. The molecule has 0 aromatic heterocycles. The van der Waals surface area contributed by atoms with E-state index >= 15 is 0 Å². The first-order chi connectivity index (χ1) is 11.2. The lowest BCUT2D eigenvalue weighted by molar-refractivity contribution is -0.137. The minimum absolute atomic E-state index is 0.0245. The summed E-state index contributed by atoms with van der Waals surface area (Å²) in [4.78, 5) is 13.9. The van der Waals surface area contributed by atoms with Crippen LogP contribution in [0.25, 0.3) is 0 Å². The Balaban J connectivity index is 2.66. The van der Waals surface area contributed by atoms with Crippen LogP contribution in [0.3, 0.4) is 0 Å². The molecule has 0 saturated heterocycles. The Morgan fingerprint density at radius 2 is 2.08 bits per heavy atom. The lowest BCUT2D eigenvalue weighted by Crippen LogP contribution is -2.20. The number of rotatable bonds is 7. The average molecular weight is 340 g/mol. The van der Waals surface area contributed by atoms with Crippen LogP contribution in [0.1, 0.15) is 12.0 Å². The van der Waals surface area contributed by atoms with Gasteiger partial charge < -0.3 is 15.5 Å². The van der Waals surface area contributed by atoms with Crippen LogP contribution in [-0.4, -0.2) is 38.0 Å². The van der Waals surface area contributed by atoms with E-state index < -0.39 is 17.6 Å². The Bertz CT molecular complexity index is 633. The number of amides is 1. The van der Waals surface area contributed by atoms with Crippen molar-refractivity contribution >= 4 is 11.6 Å². The first-order valence-electron chi connectivity index (χ1n) is 7.21. The molecule has 130 valence electrons. The molecule has 1 aromatic carbocycles. The number of nitrogens with one attached hydrogen (secondary N) is 2. The molecule has 2 N–H and O–H groups in total. The molecular weight excluding hydrogens is 321 g/mol. The normalized spacial score (nSPS) is 12.0. The number of nitriles is 1. The molecule has 0 spiro atoms. The lowest BCUT2D eigenvalue weighted by atomic mass is 10.2. The van der Waals surface area contributed by atoms with Gasteiger partial charge in [0.1, 0.15) is 11.6 Å². The highest BCUT2D eigenvalue weighted by Gasteiger charge is 2.30. The molecule has 0 aliphatic rings. The fraction of sp³-hybridized carbons (Fsp3) is 0.375. The van der Waals surface area contributed by atoms with Crippen LogP contribution in [0.5, 0.6) is 0 Å². The van der Waals surface area contributed by atoms with Crippen molar-refractivity contribution in [2.75, 3.05) is 32.5 Å². The summed E-state index contributed by atoms with van der Waals surface area (Å²) < 4.78 is 37.9. The monoisotopic (exact) mass is 340 g/mol. The second-order valence-electron chi connectivity index (χ2n) is 5.31. The molecule has 0 aliphatic carbocycles. The van der Waals surface area contributed by atoms with Gasteiger partial charge in [0.25, 0.3) is 5.91 Å². The van der Waals surface area contributed by atoms with Gasteiger partial charge in [-0.2, -0.15) is 18.4 Å². The molecule has 1 amide bonds. The third-order valence-electron chi connectivity index (χ3n) is 2.99. The Kier molecular flexibility index (Phi) is 7.27. The number of anilines is 1. The Hall–Kier alpha value is -2.53. The third-order valence-corrected chi connectivity index (χ3v) is 2.99. The summed E-state index contributed by atoms with van der Waals surface area (Å²) in [5.74, 6) is -0.767. The van der Waals surface area contributed by atoms with Gasteiger partial charge in [-0.25, -0.2) is 0 Å². The van der Waals surface area contributed by atoms with Gasteiger partial charge in [-0.15, -0.1) is 0 Å². The van der Waals surface area contributed by atoms with E-state index in [1.165, 1.54) is 18.3 Å². The molecule has 0 unspecified atom stereocenters. The van der Waals surface area contributed by atoms with Crippen LogP contribution in [0.2, 0.25) is 0 Å². The van der Waals surface area contributed by atoms with E-state index in [-0.39, 0.29) is 11.3 Å². The van der Waals surface area contributed by atoms with E-state index in [4.69, 9.17) is 5.26 Å². The number of carbonyl (C=O) groups excluding carboxylic acids is 1. The van der Waals surface area contributed by atoms with E-state index in [1.54, 1.807) is 6.07 Å². The summed E-state index contributed by atoms with van der Waals surface area (Å²) in [7, 11) is 3.86. The van der Waals surface area contributed by atoms with Crippen LogP contribution < -0.4 is 10.6 Å². The highest BCUT2D eigenvalue weighted by atomic mass is 19.4. The highest BCUT2D eigenvalue weighted by molar-refractivity contribution is 6.06. The van der Waals surface area contributed by atoms with Gasteiger partial charge in [0.05, 0.1) is 5.56 Å². The van der Waals surface area contributed by atoms with Gasteiger partial charge in [0, 0.05) is 18.4 Å². The zero-order valence-electron chi connectivity index (χ0n) is 13.4. The summed E-state index contributed by atoms with van der Waals surface area (Å²) in [6, 6.07) is 5.96. The fourth-order valence-corrected chi connectivity index (χ4v) is 1.79. The summed E-state index contributed by atoms with van der Waals surface area (Å²) in [5, 5.41) is 14.1. The molecule has 0 saturated carbocycles. The van der Waals surface area contributed by atoms with Crippen LogP contribution in [0, 0.1) is 11.3 Å². The van der Waals surface area contributed by atoms with E-state index in [0.717, 1.165) is 25.1 Å². The van der Waals surface area contributed by atoms with Crippen molar-refractivity contribution in [2.45, 2.75) is 12.6 Å². The molecule has 0 fully saturated rings. The lowest BCUT2D eigenvalue weighted by Gasteiger charge is -2.10. The molecule has 1 rings (SSSR count). The van der Waals surface area contributed by atoms with Crippen molar-refractivity contribution in [3.63, 3.8) is 0 Å². The summed E-state index contributed by atoms with van der Waals surface area (Å²) in [6.07, 6.45) is -2.42. The van der Waals surface area contributed by atoms with Gasteiger partial charge in [-0.05, 0) is 45.3 Å². The van der Waals surface area contributed by atoms with Gasteiger partial charge in [-0.3, -0.25) is 4.79 Å².